The van der Waals surface area contributed by atoms with Crippen molar-refractivity contribution in [3.05, 3.63) is 33.4 Å². The van der Waals surface area contributed by atoms with Gasteiger partial charge in [0.25, 0.3) is 5.91 Å². The van der Waals surface area contributed by atoms with E-state index in [-0.39, 0.29) is 11.9 Å². The van der Waals surface area contributed by atoms with Gasteiger partial charge in [0.15, 0.2) is 0 Å². The second-order valence-electron chi connectivity index (χ2n) is 4.93. The zero-order valence-electron chi connectivity index (χ0n) is 10.7. The van der Waals surface area contributed by atoms with Gasteiger partial charge in [-0.05, 0) is 66.6 Å². The Labute approximate surface area is 125 Å². The standard InChI is InChI=1S/C14H16INO3/c1-9-2-3-11(14(18)19)8-16(9)13(17)10-4-6-12(15)7-5-10/h4-7,9,11H,2-3,8H2,1H3,(H,18,19). The third-order valence-corrected chi connectivity index (χ3v) is 4.30. The van der Waals surface area contributed by atoms with Crippen LogP contribution >= 0.6 is 22.6 Å². The summed E-state index contributed by atoms with van der Waals surface area (Å²) in [5.41, 5.74) is 0.623. The van der Waals surface area contributed by atoms with Crippen LogP contribution in [0.15, 0.2) is 24.3 Å². The van der Waals surface area contributed by atoms with Crippen molar-refractivity contribution in [2.45, 2.75) is 25.8 Å². The zero-order valence-corrected chi connectivity index (χ0v) is 12.8. The van der Waals surface area contributed by atoms with E-state index in [0.717, 1.165) is 9.99 Å². The summed E-state index contributed by atoms with van der Waals surface area (Å²) in [7, 11) is 0. The molecule has 1 heterocycles. The molecule has 1 aromatic carbocycles. The molecule has 1 aromatic rings. The number of hydrogen-bond donors (Lipinski definition) is 1. The van der Waals surface area contributed by atoms with E-state index in [1.54, 1.807) is 17.0 Å². The molecule has 1 N–H and O–H groups in total. The minimum Gasteiger partial charge on any atom is -0.481 e. The first-order valence-corrected chi connectivity index (χ1v) is 7.36. The fourth-order valence-corrected chi connectivity index (χ4v) is 2.71. The summed E-state index contributed by atoms with van der Waals surface area (Å²) >= 11 is 2.19. The van der Waals surface area contributed by atoms with Gasteiger partial charge >= 0.3 is 5.97 Å². The normalized spacial score (nSPS) is 23.2. The van der Waals surface area contributed by atoms with Gasteiger partial charge in [0.1, 0.15) is 0 Å². The monoisotopic (exact) mass is 373 g/mol. The Bertz CT molecular complexity index is 486. The summed E-state index contributed by atoms with van der Waals surface area (Å²) in [5, 5.41) is 9.09. The van der Waals surface area contributed by atoms with Crippen molar-refractivity contribution in [2.24, 2.45) is 5.92 Å². The minimum atomic E-state index is -0.813. The molecule has 4 nitrogen and oxygen atoms in total. The van der Waals surface area contributed by atoms with Crippen LogP contribution in [-0.4, -0.2) is 34.5 Å². The van der Waals surface area contributed by atoms with Crippen LogP contribution in [0.4, 0.5) is 0 Å². The predicted molar refractivity (Wildman–Crippen MR) is 80.0 cm³/mol. The van der Waals surface area contributed by atoms with E-state index < -0.39 is 11.9 Å². The summed E-state index contributed by atoms with van der Waals surface area (Å²) in [5.74, 6) is -1.33. The number of hydrogen-bond acceptors (Lipinski definition) is 2. The largest absolute Gasteiger partial charge is 0.481 e. The van der Waals surface area contributed by atoms with Gasteiger partial charge in [-0.3, -0.25) is 9.59 Å². The summed E-state index contributed by atoms with van der Waals surface area (Å²) < 4.78 is 1.07. The van der Waals surface area contributed by atoms with Gasteiger partial charge < -0.3 is 10.0 Å². The number of halogens is 1. The van der Waals surface area contributed by atoms with Crippen LogP contribution < -0.4 is 0 Å². The molecule has 1 amide bonds. The quantitative estimate of drug-likeness (QED) is 0.811. The minimum absolute atomic E-state index is 0.0742. The lowest BCUT2D eigenvalue weighted by atomic mass is 9.93. The van der Waals surface area contributed by atoms with Crippen LogP contribution in [0.3, 0.4) is 0 Å². The summed E-state index contributed by atoms with van der Waals surface area (Å²) in [4.78, 5) is 25.2. The van der Waals surface area contributed by atoms with Crippen LogP contribution in [-0.2, 0) is 4.79 Å². The van der Waals surface area contributed by atoms with E-state index in [0.29, 0.717) is 18.5 Å². The number of rotatable bonds is 2. The Balaban J connectivity index is 2.16. The number of likely N-dealkylation sites (tertiary alicyclic amines) is 1. The molecule has 19 heavy (non-hydrogen) atoms. The fraction of sp³-hybridized carbons (Fsp3) is 0.429. The molecule has 0 spiro atoms. The maximum absolute atomic E-state index is 12.4. The average molecular weight is 373 g/mol. The summed E-state index contributed by atoms with van der Waals surface area (Å²) in [6.45, 7) is 2.28. The third kappa shape index (κ3) is 3.26. The van der Waals surface area contributed by atoms with Crippen molar-refractivity contribution in [1.29, 1.82) is 0 Å². The van der Waals surface area contributed by atoms with Gasteiger partial charge in [-0.15, -0.1) is 0 Å². The lowest BCUT2D eigenvalue weighted by molar-refractivity contribution is -0.143. The Kier molecular flexibility index (Phi) is 4.44. The number of piperidine rings is 1. The number of nitrogens with zero attached hydrogens (tertiary/aromatic N) is 1. The highest BCUT2D eigenvalue weighted by Gasteiger charge is 2.32. The first-order valence-electron chi connectivity index (χ1n) is 6.28. The molecule has 0 bridgehead atoms. The van der Waals surface area contributed by atoms with Crippen molar-refractivity contribution in [2.75, 3.05) is 6.54 Å². The SMILES string of the molecule is CC1CCC(C(=O)O)CN1C(=O)c1ccc(I)cc1. The topological polar surface area (TPSA) is 57.6 Å². The van der Waals surface area contributed by atoms with Crippen molar-refractivity contribution in [1.82, 2.24) is 4.90 Å². The number of carbonyl (C=O) groups excluding carboxylic acids is 1. The van der Waals surface area contributed by atoms with Gasteiger partial charge in [-0.2, -0.15) is 0 Å². The molecule has 2 rings (SSSR count). The predicted octanol–water partition coefficient (Wildman–Crippen LogP) is 2.62. The fourth-order valence-electron chi connectivity index (χ4n) is 2.35. The van der Waals surface area contributed by atoms with Crippen molar-refractivity contribution in [3.63, 3.8) is 0 Å². The Hall–Kier alpha value is -1.11. The van der Waals surface area contributed by atoms with Crippen LogP contribution in [0.5, 0.6) is 0 Å². The second-order valence-corrected chi connectivity index (χ2v) is 6.17. The van der Waals surface area contributed by atoms with Gasteiger partial charge in [-0.25, -0.2) is 0 Å². The number of benzene rings is 1. The van der Waals surface area contributed by atoms with Gasteiger partial charge in [0.2, 0.25) is 0 Å². The van der Waals surface area contributed by atoms with Gasteiger partial charge in [0, 0.05) is 21.7 Å². The van der Waals surface area contributed by atoms with Crippen LogP contribution in [0, 0.1) is 9.49 Å². The van der Waals surface area contributed by atoms with E-state index in [1.807, 2.05) is 19.1 Å². The molecule has 0 aromatic heterocycles. The molecule has 5 heteroatoms. The first-order chi connectivity index (χ1) is 8.99. The number of carbonyl (C=O) groups is 2. The molecule has 1 aliphatic heterocycles. The molecular formula is C14H16INO3. The molecule has 1 fully saturated rings. The maximum Gasteiger partial charge on any atom is 0.308 e. The third-order valence-electron chi connectivity index (χ3n) is 3.58. The van der Waals surface area contributed by atoms with E-state index >= 15 is 0 Å². The second kappa shape index (κ2) is 5.90. The smallest absolute Gasteiger partial charge is 0.308 e. The zero-order chi connectivity index (χ0) is 14.0. The van der Waals surface area contributed by atoms with Gasteiger partial charge in [0.05, 0.1) is 5.92 Å². The van der Waals surface area contributed by atoms with E-state index in [1.165, 1.54) is 0 Å². The van der Waals surface area contributed by atoms with Crippen molar-refractivity contribution >= 4 is 34.5 Å². The van der Waals surface area contributed by atoms with Crippen LogP contribution in [0.1, 0.15) is 30.1 Å². The number of amides is 1. The molecular weight excluding hydrogens is 357 g/mol. The molecule has 1 saturated heterocycles. The van der Waals surface area contributed by atoms with Crippen molar-refractivity contribution < 1.29 is 14.7 Å². The highest BCUT2D eigenvalue weighted by molar-refractivity contribution is 14.1. The maximum atomic E-state index is 12.4. The first kappa shape index (κ1) is 14.3. The number of aliphatic carboxylic acids is 1. The number of carboxylic acid groups (broad SMARTS) is 1. The average Bonchev–Trinajstić information content (AvgIpc) is 2.39. The van der Waals surface area contributed by atoms with E-state index in [2.05, 4.69) is 22.6 Å². The molecule has 2 unspecified atom stereocenters. The van der Waals surface area contributed by atoms with E-state index in [4.69, 9.17) is 5.11 Å². The molecule has 0 aliphatic carbocycles. The molecule has 1 aliphatic rings. The molecule has 0 saturated carbocycles. The molecule has 102 valence electrons. The highest BCUT2D eigenvalue weighted by atomic mass is 127. The molecule has 2 atom stereocenters. The molecule has 0 radical (unpaired) electrons. The van der Waals surface area contributed by atoms with Crippen molar-refractivity contribution in [3.8, 4) is 0 Å². The lowest BCUT2D eigenvalue weighted by Crippen LogP contribution is -2.47. The summed E-state index contributed by atoms with van der Waals surface area (Å²) in [6.07, 6.45) is 1.39. The van der Waals surface area contributed by atoms with Crippen LogP contribution in [0.2, 0.25) is 0 Å². The van der Waals surface area contributed by atoms with Crippen LogP contribution in [0.25, 0.3) is 0 Å². The Morgan fingerprint density at radius 2 is 1.89 bits per heavy atom. The lowest BCUT2D eigenvalue weighted by Gasteiger charge is -2.36. The Morgan fingerprint density at radius 1 is 1.26 bits per heavy atom. The number of carboxylic acids is 1. The highest BCUT2D eigenvalue weighted by Crippen LogP contribution is 2.24. The van der Waals surface area contributed by atoms with Gasteiger partial charge in [-0.1, -0.05) is 0 Å². The van der Waals surface area contributed by atoms with E-state index in [9.17, 15) is 9.59 Å². The summed E-state index contributed by atoms with van der Waals surface area (Å²) in [6, 6.07) is 7.46. The Morgan fingerprint density at radius 3 is 2.47 bits per heavy atom.